The van der Waals surface area contributed by atoms with Crippen LogP contribution in [0, 0.1) is 5.92 Å². The van der Waals surface area contributed by atoms with Crippen molar-refractivity contribution in [3.05, 3.63) is 65.7 Å². The topological polar surface area (TPSA) is 43.4 Å². The van der Waals surface area contributed by atoms with Crippen LogP contribution in [-0.4, -0.2) is 17.1 Å². The van der Waals surface area contributed by atoms with Gasteiger partial charge in [-0.2, -0.15) is 0 Å². The van der Waals surface area contributed by atoms with E-state index in [1.165, 1.54) is 0 Å². The Morgan fingerprint density at radius 3 is 2.26 bits per heavy atom. The zero-order valence-electron chi connectivity index (χ0n) is 13.3. The van der Waals surface area contributed by atoms with Gasteiger partial charge in [-0.3, -0.25) is 9.00 Å². The zero-order chi connectivity index (χ0) is 16.4. The summed E-state index contributed by atoms with van der Waals surface area (Å²) in [6.07, 6.45) is 0.337. The summed E-state index contributed by atoms with van der Waals surface area (Å²) < 4.78 is 18.3. The molecule has 2 aromatic rings. The number of carbonyl (C=O) groups excluding carboxylic acids is 1. The Morgan fingerprint density at radius 2 is 1.65 bits per heavy atom. The summed E-state index contributed by atoms with van der Waals surface area (Å²) in [5.74, 6) is 0.724. The molecule has 0 bridgehead atoms. The summed E-state index contributed by atoms with van der Waals surface area (Å²) in [5.41, 5.74) is 1.91. The fourth-order valence-electron chi connectivity index (χ4n) is 3.13. The number of methoxy groups -OCH3 is 1. The summed E-state index contributed by atoms with van der Waals surface area (Å²) in [4.78, 5) is 12.5. The molecule has 1 aliphatic rings. The van der Waals surface area contributed by atoms with E-state index in [4.69, 9.17) is 4.74 Å². The van der Waals surface area contributed by atoms with Crippen LogP contribution in [0.15, 0.2) is 54.6 Å². The van der Waals surface area contributed by atoms with E-state index in [0.717, 1.165) is 16.9 Å². The summed E-state index contributed by atoms with van der Waals surface area (Å²) in [7, 11) is 0.477. The highest BCUT2D eigenvalue weighted by Crippen LogP contribution is 2.43. The fourth-order valence-corrected chi connectivity index (χ4v) is 5.22. The van der Waals surface area contributed by atoms with E-state index in [0.29, 0.717) is 6.42 Å². The van der Waals surface area contributed by atoms with Gasteiger partial charge in [-0.1, -0.05) is 49.4 Å². The van der Waals surface area contributed by atoms with Gasteiger partial charge >= 0.3 is 0 Å². The molecule has 0 saturated carbocycles. The second-order valence-corrected chi connectivity index (χ2v) is 7.61. The Labute approximate surface area is 139 Å². The quantitative estimate of drug-likeness (QED) is 0.860. The van der Waals surface area contributed by atoms with Crippen molar-refractivity contribution in [1.82, 2.24) is 0 Å². The molecule has 1 fully saturated rings. The van der Waals surface area contributed by atoms with Gasteiger partial charge in [0, 0.05) is 23.1 Å². The molecule has 4 heteroatoms. The van der Waals surface area contributed by atoms with Gasteiger partial charge in [0.2, 0.25) is 0 Å². The maximum Gasteiger partial charge on any atom is 0.138 e. The van der Waals surface area contributed by atoms with Crippen molar-refractivity contribution in [3.63, 3.8) is 0 Å². The third kappa shape index (κ3) is 3.08. The number of hydrogen-bond donors (Lipinski definition) is 0. The van der Waals surface area contributed by atoms with Crippen molar-refractivity contribution < 1.29 is 13.7 Å². The Bertz CT molecular complexity index is 709. The first-order valence-electron chi connectivity index (χ1n) is 7.73. The molecule has 0 N–H and O–H groups in total. The first-order chi connectivity index (χ1) is 11.1. The van der Waals surface area contributed by atoms with Crippen LogP contribution in [0.4, 0.5) is 0 Å². The first kappa shape index (κ1) is 15.9. The van der Waals surface area contributed by atoms with E-state index in [-0.39, 0.29) is 22.2 Å². The monoisotopic (exact) mass is 328 g/mol. The van der Waals surface area contributed by atoms with Gasteiger partial charge in [0.05, 0.1) is 17.6 Å². The molecule has 0 aliphatic carbocycles. The lowest BCUT2D eigenvalue weighted by molar-refractivity contribution is -0.122. The number of benzene rings is 2. The highest BCUT2D eigenvalue weighted by atomic mass is 32.2. The second-order valence-electron chi connectivity index (χ2n) is 5.88. The molecule has 23 heavy (non-hydrogen) atoms. The Balaban J connectivity index is 1.95. The summed E-state index contributed by atoms with van der Waals surface area (Å²) in [6, 6.07) is 17.2. The lowest BCUT2D eigenvalue weighted by Crippen LogP contribution is -2.33. The molecule has 4 atom stereocenters. The normalized spacial score (nSPS) is 27.7. The molecule has 2 aromatic carbocycles. The van der Waals surface area contributed by atoms with Crippen LogP contribution in [0.25, 0.3) is 0 Å². The van der Waals surface area contributed by atoms with Gasteiger partial charge in [-0.25, -0.2) is 0 Å². The number of ether oxygens (including phenoxy) is 1. The van der Waals surface area contributed by atoms with Crippen LogP contribution in [0.1, 0.15) is 35.0 Å². The van der Waals surface area contributed by atoms with Gasteiger partial charge in [-0.15, -0.1) is 0 Å². The molecule has 1 aliphatic heterocycles. The largest absolute Gasteiger partial charge is 0.497 e. The molecule has 0 amide bonds. The van der Waals surface area contributed by atoms with Crippen molar-refractivity contribution in [2.24, 2.45) is 5.92 Å². The van der Waals surface area contributed by atoms with Crippen LogP contribution in [0.3, 0.4) is 0 Å². The molecule has 120 valence electrons. The van der Waals surface area contributed by atoms with E-state index in [1.807, 2.05) is 61.5 Å². The SMILES string of the molecule is COc1ccc([C@@H]2CC(=O)[C@@H](C)[C@H](c3ccccc3)S2=O)cc1. The summed E-state index contributed by atoms with van der Waals surface area (Å²) >= 11 is 0. The molecule has 1 unspecified atom stereocenters. The number of carbonyl (C=O) groups is 1. The lowest BCUT2D eigenvalue weighted by atomic mass is 9.91. The first-order valence-corrected chi connectivity index (χ1v) is 9.00. The maximum absolute atomic E-state index is 13.2. The number of Topliss-reactive ketones (excluding diaryl/α,β-unsaturated/α-hetero) is 1. The van der Waals surface area contributed by atoms with Gasteiger partial charge < -0.3 is 4.74 Å². The van der Waals surface area contributed by atoms with Crippen molar-refractivity contribution in [1.29, 1.82) is 0 Å². The Kier molecular flexibility index (Phi) is 4.62. The fraction of sp³-hybridized carbons (Fsp3) is 0.316. The van der Waals surface area contributed by atoms with Gasteiger partial charge in [-0.05, 0) is 23.3 Å². The van der Waals surface area contributed by atoms with E-state index in [9.17, 15) is 9.00 Å². The van der Waals surface area contributed by atoms with Crippen LogP contribution < -0.4 is 4.74 Å². The highest BCUT2D eigenvalue weighted by molar-refractivity contribution is 7.85. The van der Waals surface area contributed by atoms with Gasteiger partial charge in [0.25, 0.3) is 0 Å². The third-order valence-electron chi connectivity index (χ3n) is 4.49. The summed E-state index contributed by atoms with van der Waals surface area (Å²) in [6.45, 7) is 1.89. The molecule has 0 aromatic heterocycles. The van der Waals surface area contributed by atoms with Gasteiger partial charge in [0.15, 0.2) is 0 Å². The zero-order valence-corrected chi connectivity index (χ0v) is 14.1. The molecule has 3 rings (SSSR count). The predicted molar refractivity (Wildman–Crippen MR) is 91.8 cm³/mol. The smallest absolute Gasteiger partial charge is 0.138 e. The summed E-state index contributed by atoms with van der Waals surface area (Å²) in [5, 5.41) is -0.501. The van der Waals surface area contributed by atoms with Crippen LogP contribution in [0.5, 0.6) is 5.75 Å². The molecule has 0 radical (unpaired) electrons. The average Bonchev–Trinajstić information content (AvgIpc) is 2.59. The average molecular weight is 328 g/mol. The highest BCUT2D eigenvalue weighted by Gasteiger charge is 2.41. The van der Waals surface area contributed by atoms with Crippen LogP contribution >= 0.6 is 0 Å². The molecule has 1 saturated heterocycles. The Morgan fingerprint density at radius 1 is 1.00 bits per heavy atom. The Hall–Kier alpha value is -1.94. The molecule has 0 spiro atoms. The van der Waals surface area contributed by atoms with Crippen molar-refractivity contribution in [3.8, 4) is 5.75 Å². The van der Waals surface area contributed by atoms with E-state index in [1.54, 1.807) is 7.11 Å². The lowest BCUT2D eigenvalue weighted by Gasteiger charge is -2.33. The molecule has 3 nitrogen and oxygen atoms in total. The van der Waals surface area contributed by atoms with E-state index < -0.39 is 10.8 Å². The maximum atomic E-state index is 13.2. The predicted octanol–water partition coefficient (Wildman–Crippen LogP) is 3.84. The van der Waals surface area contributed by atoms with Crippen LogP contribution in [0.2, 0.25) is 0 Å². The van der Waals surface area contributed by atoms with E-state index >= 15 is 0 Å². The van der Waals surface area contributed by atoms with Crippen LogP contribution in [-0.2, 0) is 15.6 Å². The van der Waals surface area contributed by atoms with Crippen molar-refractivity contribution in [2.45, 2.75) is 23.8 Å². The minimum Gasteiger partial charge on any atom is -0.497 e. The number of hydrogen-bond acceptors (Lipinski definition) is 3. The molecular formula is C19H20O3S. The van der Waals surface area contributed by atoms with Gasteiger partial charge in [0.1, 0.15) is 11.5 Å². The van der Waals surface area contributed by atoms with Crippen molar-refractivity contribution >= 4 is 16.6 Å². The number of rotatable bonds is 3. The second kappa shape index (κ2) is 6.67. The van der Waals surface area contributed by atoms with Crippen molar-refractivity contribution in [2.75, 3.05) is 7.11 Å². The third-order valence-corrected chi connectivity index (χ3v) is 6.68. The minimum atomic E-state index is -1.14. The molecule has 1 heterocycles. The van der Waals surface area contributed by atoms with E-state index in [2.05, 4.69) is 0 Å². The molecular weight excluding hydrogens is 308 g/mol. The standard InChI is InChI=1S/C19H20O3S/c1-13-17(20)12-18(14-8-10-16(22-2)11-9-14)23(21)19(13)15-6-4-3-5-7-15/h3-11,13,18-19H,12H2,1-2H3/t13-,18+,19-,23?/m1/s1. The minimum absolute atomic E-state index is 0.180. The number of ketones is 1.